The van der Waals surface area contributed by atoms with Crippen molar-refractivity contribution in [3.05, 3.63) is 69.2 Å². The molecule has 110 valence electrons. The Morgan fingerprint density at radius 2 is 1.86 bits per heavy atom. The van der Waals surface area contributed by atoms with Crippen molar-refractivity contribution in [3.63, 3.8) is 0 Å². The van der Waals surface area contributed by atoms with Crippen LogP contribution in [-0.4, -0.2) is 6.04 Å². The lowest BCUT2D eigenvalue weighted by Gasteiger charge is -2.47. The van der Waals surface area contributed by atoms with Gasteiger partial charge in [-0.05, 0) is 42.5 Å². The van der Waals surface area contributed by atoms with Gasteiger partial charge in [0.2, 0.25) is 0 Å². The minimum atomic E-state index is 0.104. The van der Waals surface area contributed by atoms with Gasteiger partial charge < -0.3 is 5.73 Å². The van der Waals surface area contributed by atoms with Gasteiger partial charge in [-0.3, -0.25) is 0 Å². The first-order valence-electron chi connectivity index (χ1n) is 7.37. The zero-order chi connectivity index (χ0) is 14.9. The van der Waals surface area contributed by atoms with Gasteiger partial charge in [0.05, 0.1) is 0 Å². The van der Waals surface area contributed by atoms with Crippen LogP contribution in [0.2, 0.25) is 5.02 Å². The van der Waals surface area contributed by atoms with Crippen LogP contribution in [0.15, 0.2) is 53.0 Å². The summed E-state index contributed by atoms with van der Waals surface area (Å²) in [6, 6.07) is 16.8. The molecule has 0 aromatic heterocycles. The third-order valence-corrected chi connectivity index (χ3v) is 5.60. The molecule has 21 heavy (non-hydrogen) atoms. The zero-order valence-corrected chi connectivity index (χ0v) is 14.2. The molecule has 1 aliphatic rings. The molecule has 0 aliphatic heterocycles. The second kappa shape index (κ2) is 6.12. The minimum absolute atomic E-state index is 0.104. The van der Waals surface area contributed by atoms with Crippen molar-refractivity contribution in [1.82, 2.24) is 0 Å². The molecule has 0 amide bonds. The number of hydrogen-bond donors (Lipinski definition) is 1. The van der Waals surface area contributed by atoms with Gasteiger partial charge in [-0.2, -0.15) is 0 Å². The largest absolute Gasteiger partial charge is 0.327 e. The number of rotatable bonds is 4. The summed E-state index contributed by atoms with van der Waals surface area (Å²) in [6.45, 7) is 0. The van der Waals surface area contributed by atoms with Gasteiger partial charge in [-0.1, -0.05) is 70.3 Å². The van der Waals surface area contributed by atoms with Crippen molar-refractivity contribution in [2.75, 3.05) is 0 Å². The van der Waals surface area contributed by atoms with Crippen molar-refractivity contribution in [2.45, 2.75) is 37.1 Å². The number of halogens is 2. The minimum Gasteiger partial charge on any atom is -0.327 e. The first-order chi connectivity index (χ1) is 10.1. The van der Waals surface area contributed by atoms with Crippen LogP contribution in [0.5, 0.6) is 0 Å². The molecule has 1 fully saturated rings. The van der Waals surface area contributed by atoms with Crippen LogP contribution < -0.4 is 5.73 Å². The summed E-state index contributed by atoms with van der Waals surface area (Å²) in [6.07, 6.45) is 4.43. The summed E-state index contributed by atoms with van der Waals surface area (Å²) in [7, 11) is 0. The van der Waals surface area contributed by atoms with Gasteiger partial charge in [0, 0.05) is 21.0 Å². The molecular weight excluding hydrogens is 346 g/mol. The maximum atomic E-state index is 6.61. The fourth-order valence-corrected chi connectivity index (χ4v) is 4.07. The Hall–Kier alpha value is -0.830. The normalized spacial score (nSPS) is 18.0. The topological polar surface area (TPSA) is 26.0 Å². The average molecular weight is 365 g/mol. The summed E-state index contributed by atoms with van der Waals surface area (Å²) < 4.78 is 1.01. The lowest BCUT2D eigenvalue weighted by Crippen LogP contribution is -2.51. The SMILES string of the molecule is NC(Cc1ccc(Br)cc1Cl)C1(c2ccccc2)CCC1. The third kappa shape index (κ3) is 2.90. The lowest BCUT2D eigenvalue weighted by molar-refractivity contribution is 0.194. The monoisotopic (exact) mass is 363 g/mol. The van der Waals surface area contributed by atoms with Gasteiger partial charge in [0.1, 0.15) is 0 Å². The molecule has 2 aromatic rings. The quantitative estimate of drug-likeness (QED) is 0.803. The molecular formula is C18H19BrClN. The molecule has 2 N–H and O–H groups in total. The van der Waals surface area contributed by atoms with Crippen LogP contribution in [-0.2, 0) is 11.8 Å². The molecule has 1 unspecified atom stereocenters. The highest BCUT2D eigenvalue weighted by Crippen LogP contribution is 2.46. The summed E-state index contributed by atoms with van der Waals surface area (Å²) >= 11 is 9.79. The van der Waals surface area contributed by atoms with Crippen molar-refractivity contribution in [1.29, 1.82) is 0 Å². The molecule has 3 heteroatoms. The molecule has 0 saturated heterocycles. The van der Waals surface area contributed by atoms with Crippen LogP contribution in [0.3, 0.4) is 0 Å². The summed E-state index contributed by atoms with van der Waals surface area (Å²) in [5.41, 5.74) is 9.24. The molecule has 0 radical (unpaired) electrons. The molecule has 0 heterocycles. The summed E-state index contributed by atoms with van der Waals surface area (Å²) in [5, 5.41) is 0.794. The van der Waals surface area contributed by atoms with Gasteiger partial charge >= 0.3 is 0 Å². The molecule has 1 nitrogen and oxygen atoms in total. The van der Waals surface area contributed by atoms with Crippen molar-refractivity contribution < 1.29 is 0 Å². The highest BCUT2D eigenvalue weighted by molar-refractivity contribution is 9.10. The predicted octanol–water partition coefficient (Wildman–Crippen LogP) is 5.09. The summed E-state index contributed by atoms with van der Waals surface area (Å²) in [4.78, 5) is 0. The second-order valence-corrected chi connectivity index (χ2v) is 7.24. The fraction of sp³-hybridized carbons (Fsp3) is 0.333. The van der Waals surface area contributed by atoms with E-state index in [1.807, 2.05) is 12.1 Å². The van der Waals surface area contributed by atoms with Gasteiger partial charge in [-0.25, -0.2) is 0 Å². The van der Waals surface area contributed by atoms with E-state index in [9.17, 15) is 0 Å². The average Bonchev–Trinajstić information content (AvgIpc) is 2.42. The van der Waals surface area contributed by atoms with Crippen LogP contribution in [0, 0.1) is 0 Å². The standard InChI is InChI=1S/C18H19BrClN/c19-15-8-7-13(16(20)12-15)11-17(21)18(9-4-10-18)14-5-2-1-3-6-14/h1-3,5-8,12,17H,4,9-11,21H2. The predicted molar refractivity (Wildman–Crippen MR) is 92.8 cm³/mol. The van der Waals surface area contributed by atoms with Crippen molar-refractivity contribution in [3.8, 4) is 0 Å². The van der Waals surface area contributed by atoms with E-state index in [0.29, 0.717) is 0 Å². The van der Waals surface area contributed by atoms with Crippen LogP contribution >= 0.6 is 27.5 Å². The maximum Gasteiger partial charge on any atom is 0.0449 e. The molecule has 0 spiro atoms. The highest BCUT2D eigenvalue weighted by atomic mass is 79.9. The maximum absolute atomic E-state index is 6.61. The Bertz CT molecular complexity index is 622. The third-order valence-electron chi connectivity index (χ3n) is 4.76. The highest BCUT2D eigenvalue weighted by Gasteiger charge is 2.43. The Morgan fingerprint density at radius 1 is 1.14 bits per heavy atom. The van der Waals surface area contributed by atoms with E-state index in [1.165, 1.54) is 24.8 Å². The Kier molecular flexibility index (Phi) is 4.39. The van der Waals surface area contributed by atoms with Crippen LogP contribution in [0.1, 0.15) is 30.4 Å². The van der Waals surface area contributed by atoms with Crippen molar-refractivity contribution in [2.24, 2.45) is 5.73 Å². The molecule has 1 aliphatic carbocycles. The smallest absolute Gasteiger partial charge is 0.0449 e. The molecule has 1 saturated carbocycles. The molecule has 1 atom stereocenters. The molecule has 2 aromatic carbocycles. The Labute approximate surface area is 139 Å². The first-order valence-corrected chi connectivity index (χ1v) is 8.54. The fourth-order valence-electron chi connectivity index (χ4n) is 3.32. The van der Waals surface area contributed by atoms with E-state index >= 15 is 0 Å². The van der Waals surface area contributed by atoms with Crippen molar-refractivity contribution >= 4 is 27.5 Å². The Balaban J connectivity index is 1.85. The first kappa shape index (κ1) is 15.1. The lowest BCUT2D eigenvalue weighted by atomic mass is 9.59. The van der Waals surface area contributed by atoms with Gasteiger partial charge in [0.25, 0.3) is 0 Å². The summed E-state index contributed by atoms with van der Waals surface area (Å²) in [5.74, 6) is 0. The van der Waals surface area contributed by atoms with E-state index in [-0.39, 0.29) is 11.5 Å². The van der Waals surface area contributed by atoms with Gasteiger partial charge in [0.15, 0.2) is 0 Å². The van der Waals surface area contributed by atoms with E-state index in [2.05, 4.69) is 52.3 Å². The number of benzene rings is 2. The van der Waals surface area contributed by atoms with E-state index < -0.39 is 0 Å². The molecule has 3 rings (SSSR count). The van der Waals surface area contributed by atoms with Crippen LogP contribution in [0.4, 0.5) is 0 Å². The van der Waals surface area contributed by atoms with E-state index in [0.717, 1.165) is 21.5 Å². The van der Waals surface area contributed by atoms with Crippen LogP contribution in [0.25, 0.3) is 0 Å². The van der Waals surface area contributed by atoms with Gasteiger partial charge in [-0.15, -0.1) is 0 Å². The molecule has 0 bridgehead atoms. The Morgan fingerprint density at radius 3 is 2.43 bits per heavy atom. The number of hydrogen-bond acceptors (Lipinski definition) is 1. The van der Waals surface area contributed by atoms with E-state index in [1.54, 1.807) is 0 Å². The second-order valence-electron chi connectivity index (χ2n) is 5.92. The number of nitrogens with two attached hydrogens (primary N) is 1. The zero-order valence-electron chi connectivity index (χ0n) is 11.9. The van der Waals surface area contributed by atoms with E-state index in [4.69, 9.17) is 17.3 Å².